The van der Waals surface area contributed by atoms with Gasteiger partial charge in [-0.05, 0) is 70.0 Å². The maximum atomic E-state index is 14.0. The molecule has 3 aromatic carbocycles. The summed E-state index contributed by atoms with van der Waals surface area (Å²) in [5.41, 5.74) is 1.97. The number of hydrogen-bond acceptors (Lipinski definition) is 5. The van der Waals surface area contributed by atoms with Crippen LogP contribution in [0.25, 0.3) is 6.08 Å². The molecule has 1 fully saturated rings. The standard InChI is InChI=1S/C26H21BrFNO4S/c1-2-32-22-13-18(12-20(27)24(22)33-16-17-8-4-3-5-9-17)14-23-25(30)29(26(31)34-23)15-19-10-6-7-11-21(19)28/h3-14H,2,15-16H2,1H3/b23-14-. The molecule has 0 saturated carbocycles. The van der Waals surface area contributed by atoms with Gasteiger partial charge in [-0.1, -0.05) is 48.5 Å². The van der Waals surface area contributed by atoms with Gasteiger partial charge in [-0.3, -0.25) is 14.5 Å². The lowest BCUT2D eigenvalue weighted by atomic mass is 10.1. The fourth-order valence-corrected chi connectivity index (χ4v) is 4.80. The molecule has 0 aromatic heterocycles. The molecule has 5 nitrogen and oxygen atoms in total. The third kappa shape index (κ3) is 5.51. The van der Waals surface area contributed by atoms with Crippen LogP contribution in [0.4, 0.5) is 9.18 Å². The Morgan fingerprint density at radius 3 is 2.50 bits per heavy atom. The van der Waals surface area contributed by atoms with E-state index in [1.807, 2.05) is 37.3 Å². The number of halogens is 2. The van der Waals surface area contributed by atoms with Crippen LogP contribution in [0.15, 0.2) is 76.1 Å². The summed E-state index contributed by atoms with van der Waals surface area (Å²) in [7, 11) is 0. The van der Waals surface area contributed by atoms with E-state index in [1.54, 1.807) is 36.4 Å². The van der Waals surface area contributed by atoms with Crippen LogP contribution < -0.4 is 9.47 Å². The Morgan fingerprint density at radius 2 is 1.76 bits per heavy atom. The fraction of sp³-hybridized carbons (Fsp3) is 0.154. The van der Waals surface area contributed by atoms with E-state index in [9.17, 15) is 14.0 Å². The monoisotopic (exact) mass is 541 g/mol. The van der Waals surface area contributed by atoms with Crippen molar-refractivity contribution >= 4 is 44.9 Å². The molecule has 0 bridgehead atoms. The summed E-state index contributed by atoms with van der Waals surface area (Å²) in [6.45, 7) is 2.55. The largest absolute Gasteiger partial charge is 0.490 e. The Bertz CT molecular complexity index is 1250. The van der Waals surface area contributed by atoms with Crippen LogP contribution in [0.3, 0.4) is 0 Å². The van der Waals surface area contributed by atoms with Crippen molar-refractivity contribution in [1.82, 2.24) is 4.90 Å². The Hall–Kier alpha value is -3.10. The summed E-state index contributed by atoms with van der Waals surface area (Å²) < 4.78 is 26.4. The molecule has 8 heteroatoms. The topological polar surface area (TPSA) is 55.8 Å². The highest BCUT2D eigenvalue weighted by atomic mass is 79.9. The van der Waals surface area contributed by atoms with E-state index in [0.717, 1.165) is 22.2 Å². The van der Waals surface area contributed by atoms with Gasteiger partial charge in [0.05, 0.1) is 22.5 Å². The second kappa shape index (κ2) is 10.9. The van der Waals surface area contributed by atoms with E-state index in [2.05, 4.69) is 15.9 Å². The van der Waals surface area contributed by atoms with Gasteiger partial charge < -0.3 is 9.47 Å². The summed E-state index contributed by atoms with van der Waals surface area (Å²) in [5.74, 6) is 0.152. The molecule has 0 N–H and O–H groups in total. The van der Waals surface area contributed by atoms with E-state index in [1.165, 1.54) is 6.07 Å². The number of nitrogens with zero attached hydrogens (tertiary/aromatic N) is 1. The maximum absolute atomic E-state index is 14.0. The lowest BCUT2D eigenvalue weighted by Crippen LogP contribution is -2.27. The normalized spacial score (nSPS) is 14.7. The molecule has 0 unspecified atom stereocenters. The minimum Gasteiger partial charge on any atom is -0.490 e. The number of carbonyl (C=O) groups excluding carboxylic acids is 2. The zero-order valence-electron chi connectivity index (χ0n) is 18.3. The zero-order valence-corrected chi connectivity index (χ0v) is 20.7. The Balaban J connectivity index is 1.56. The van der Waals surface area contributed by atoms with Crippen molar-refractivity contribution in [2.75, 3.05) is 6.61 Å². The second-order valence-corrected chi connectivity index (χ2v) is 9.24. The first kappa shape index (κ1) is 24.0. The molecule has 174 valence electrons. The van der Waals surface area contributed by atoms with Crippen molar-refractivity contribution in [3.63, 3.8) is 0 Å². The van der Waals surface area contributed by atoms with Gasteiger partial charge in [0.25, 0.3) is 11.1 Å². The molecular formula is C26H21BrFNO4S. The van der Waals surface area contributed by atoms with Crippen LogP contribution in [-0.4, -0.2) is 22.7 Å². The molecule has 1 aliphatic heterocycles. The maximum Gasteiger partial charge on any atom is 0.293 e. The van der Waals surface area contributed by atoms with Crippen molar-refractivity contribution in [3.05, 3.63) is 98.6 Å². The minimum absolute atomic E-state index is 0.116. The van der Waals surface area contributed by atoms with E-state index in [0.29, 0.717) is 34.7 Å². The van der Waals surface area contributed by atoms with Crippen LogP contribution in [-0.2, 0) is 17.9 Å². The van der Waals surface area contributed by atoms with Gasteiger partial charge in [-0.25, -0.2) is 4.39 Å². The van der Waals surface area contributed by atoms with Crippen LogP contribution >= 0.6 is 27.7 Å². The predicted octanol–water partition coefficient (Wildman–Crippen LogP) is 6.80. The molecule has 34 heavy (non-hydrogen) atoms. The fourth-order valence-electron chi connectivity index (χ4n) is 3.39. The average molecular weight is 542 g/mol. The van der Waals surface area contributed by atoms with Gasteiger partial charge in [0.2, 0.25) is 0 Å². The van der Waals surface area contributed by atoms with Crippen LogP contribution in [0, 0.1) is 5.82 Å². The number of imide groups is 1. The summed E-state index contributed by atoms with van der Waals surface area (Å²) >= 11 is 4.36. The SMILES string of the molecule is CCOc1cc(/C=C2\SC(=O)N(Cc3ccccc3F)C2=O)cc(Br)c1OCc1ccccc1. The van der Waals surface area contributed by atoms with Gasteiger partial charge in [0, 0.05) is 5.56 Å². The van der Waals surface area contributed by atoms with Gasteiger partial charge in [-0.15, -0.1) is 0 Å². The van der Waals surface area contributed by atoms with Crippen molar-refractivity contribution in [2.45, 2.75) is 20.1 Å². The molecule has 1 heterocycles. The molecule has 2 amide bonds. The molecule has 0 atom stereocenters. The lowest BCUT2D eigenvalue weighted by Gasteiger charge is -2.15. The molecule has 0 aliphatic carbocycles. The van der Waals surface area contributed by atoms with Crippen molar-refractivity contribution in [1.29, 1.82) is 0 Å². The molecule has 1 aliphatic rings. The Kier molecular flexibility index (Phi) is 7.70. The smallest absolute Gasteiger partial charge is 0.293 e. The third-order valence-electron chi connectivity index (χ3n) is 5.02. The predicted molar refractivity (Wildman–Crippen MR) is 134 cm³/mol. The first-order valence-corrected chi connectivity index (χ1v) is 12.2. The number of benzene rings is 3. The number of hydrogen-bond donors (Lipinski definition) is 0. The van der Waals surface area contributed by atoms with Crippen LogP contribution in [0.5, 0.6) is 11.5 Å². The summed E-state index contributed by atoms with van der Waals surface area (Å²) in [6, 6.07) is 19.4. The number of rotatable bonds is 8. The molecular weight excluding hydrogens is 521 g/mol. The van der Waals surface area contributed by atoms with E-state index < -0.39 is 17.0 Å². The Morgan fingerprint density at radius 1 is 1.03 bits per heavy atom. The van der Waals surface area contributed by atoms with E-state index in [4.69, 9.17) is 9.47 Å². The number of ether oxygens (including phenoxy) is 2. The van der Waals surface area contributed by atoms with Crippen molar-refractivity contribution < 1.29 is 23.5 Å². The van der Waals surface area contributed by atoms with E-state index >= 15 is 0 Å². The summed E-state index contributed by atoms with van der Waals surface area (Å²) in [6.07, 6.45) is 1.63. The molecule has 0 radical (unpaired) electrons. The minimum atomic E-state index is -0.461. The molecule has 1 saturated heterocycles. The van der Waals surface area contributed by atoms with Gasteiger partial charge >= 0.3 is 0 Å². The summed E-state index contributed by atoms with van der Waals surface area (Å²) in [4.78, 5) is 26.7. The number of thioether (sulfide) groups is 1. The Labute approximate surface area is 209 Å². The highest BCUT2D eigenvalue weighted by Crippen LogP contribution is 2.40. The highest BCUT2D eigenvalue weighted by molar-refractivity contribution is 9.10. The van der Waals surface area contributed by atoms with E-state index in [-0.39, 0.29) is 17.0 Å². The molecule has 3 aromatic rings. The average Bonchev–Trinajstić information content (AvgIpc) is 3.08. The first-order chi connectivity index (χ1) is 16.5. The zero-order chi connectivity index (χ0) is 24.1. The first-order valence-electron chi connectivity index (χ1n) is 10.6. The van der Waals surface area contributed by atoms with Crippen molar-refractivity contribution in [2.24, 2.45) is 0 Å². The van der Waals surface area contributed by atoms with Crippen LogP contribution in [0.1, 0.15) is 23.6 Å². The number of carbonyl (C=O) groups is 2. The van der Waals surface area contributed by atoms with Crippen LogP contribution in [0.2, 0.25) is 0 Å². The molecule has 0 spiro atoms. The second-order valence-electron chi connectivity index (χ2n) is 7.40. The van der Waals surface area contributed by atoms with Gasteiger partial charge in [0.15, 0.2) is 11.5 Å². The molecule has 4 rings (SSSR count). The van der Waals surface area contributed by atoms with Crippen molar-refractivity contribution in [3.8, 4) is 11.5 Å². The summed E-state index contributed by atoms with van der Waals surface area (Å²) in [5, 5.41) is -0.439. The van der Waals surface area contributed by atoms with Gasteiger partial charge in [-0.2, -0.15) is 0 Å². The number of amides is 2. The van der Waals surface area contributed by atoms with Gasteiger partial charge in [0.1, 0.15) is 12.4 Å². The third-order valence-corrected chi connectivity index (χ3v) is 6.51. The quantitative estimate of drug-likeness (QED) is 0.293. The lowest BCUT2D eigenvalue weighted by molar-refractivity contribution is -0.123. The highest BCUT2D eigenvalue weighted by Gasteiger charge is 2.35.